The molecule has 182 valence electrons. The van der Waals surface area contributed by atoms with Gasteiger partial charge in [-0.1, -0.05) is 18.2 Å². The quantitative estimate of drug-likeness (QED) is 0.476. The summed E-state index contributed by atoms with van der Waals surface area (Å²) in [6.45, 7) is 5.11. The smallest absolute Gasteiger partial charge is 0.219 e. The van der Waals surface area contributed by atoms with E-state index in [0.717, 1.165) is 61.6 Å². The summed E-state index contributed by atoms with van der Waals surface area (Å²) < 4.78 is 14.5. The highest BCUT2D eigenvalue weighted by molar-refractivity contribution is 5.73. The van der Waals surface area contributed by atoms with Crippen LogP contribution in [0.1, 0.15) is 30.9 Å². The summed E-state index contributed by atoms with van der Waals surface area (Å²) in [7, 11) is 0. The van der Waals surface area contributed by atoms with Crippen molar-refractivity contribution in [2.45, 2.75) is 31.8 Å². The van der Waals surface area contributed by atoms with E-state index >= 15 is 0 Å². The lowest BCUT2D eigenvalue weighted by Crippen LogP contribution is -2.48. The number of piperazine rings is 1. The van der Waals surface area contributed by atoms with Crippen LogP contribution in [-0.2, 0) is 16.9 Å². The second-order valence-electron chi connectivity index (χ2n) is 9.28. The van der Waals surface area contributed by atoms with Crippen LogP contribution in [0.5, 0.6) is 0 Å². The van der Waals surface area contributed by atoms with Crippen LogP contribution in [0.4, 0.5) is 27.3 Å². The molecule has 0 atom stereocenters. The molecule has 1 amide bonds. The van der Waals surface area contributed by atoms with E-state index in [1.807, 2.05) is 35.2 Å². The van der Waals surface area contributed by atoms with Crippen LogP contribution < -0.4 is 21.3 Å². The summed E-state index contributed by atoms with van der Waals surface area (Å²) in [6.07, 6.45) is 3.50. The van der Waals surface area contributed by atoms with Crippen molar-refractivity contribution in [3.05, 3.63) is 77.7 Å². The van der Waals surface area contributed by atoms with Gasteiger partial charge in [-0.15, -0.1) is 0 Å². The maximum atomic E-state index is 14.5. The summed E-state index contributed by atoms with van der Waals surface area (Å²) in [5.74, 6) is 0.631. The molecular formula is C27H31FN6O. The fourth-order valence-corrected chi connectivity index (χ4v) is 4.71. The van der Waals surface area contributed by atoms with Crippen LogP contribution in [0, 0.1) is 5.82 Å². The molecule has 2 fully saturated rings. The normalized spacial score (nSPS) is 16.7. The first-order chi connectivity index (χ1) is 17.0. The molecule has 2 heterocycles. The standard InChI is InChI=1S/C27H31FN6O/c1-19(35)33-12-14-34(15-13-33)22-8-6-21(7-9-22)31-26-16-25(20(17-29)18-30-26)32-27(10-11-27)23-4-2-3-5-24(23)28/h2-9,16,18H,10-15,17,29H2,1H3,(H2,30,31,32). The van der Waals surface area contributed by atoms with E-state index in [9.17, 15) is 9.18 Å². The molecule has 0 unspecified atom stereocenters. The predicted octanol–water partition coefficient (Wildman–Crippen LogP) is 4.19. The molecule has 0 bridgehead atoms. The molecule has 7 nitrogen and oxygen atoms in total. The Bertz CT molecular complexity index is 1200. The van der Waals surface area contributed by atoms with Gasteiger partial charge in [0, 0.05) is 80.1 Å². The first kappa shape index (κ1) is 23.1. The molecule has 0 radical (unpaired) electrons. The molecule has 3 aromatic rings. The van der Waals surface area contributed by atoms with Crippen molar-refractivity contribution in [2.24, 2.45) is 5.73 Å². The fourth-order valence-electron chi connectivity index (χ4n) is 4.71. The Labute approximate surface area is 205 Å². The van der Waals surface area contributed by atoms with Gasteiger partial charge in [-0.3, -0.25) is 4.79 Å². The second kappa shape index (κ2) is 9.54. The highest BCUT2D eigenvalue weighted by Gasteiger charge is 2.46. The van der Waals surface area contributed by atoms with Crippen molar-refractivity contribution in [2.75, 3.05) is 41.7 Å². The maximum absolute atomic E-state index is 14.5. The summed E-state index contributed by atoms with van der Waals surface area (Å²) in [5.41, 5.74) is 10.1. The lowest BCUT2D eigenvalue weighted by Gasteiger charge is -2.35. The molecule has 4 N–H and O–H groups in total. The second-order valence-corrected chi connectivity index (χ2v) is 9.28. The number of amides is 1. The minimum absolute atomic E-state index is 0.132. The molecule has 8 heteroatoms. The number of carbonyl (C=O) groups excluding carboxylic acids is 1. The van der Waals surface area contributed by atoms with E-state index in [0.29, 0.717) is 17.9 Å². The summed E-state index contributed by atoms with van der Waals surface area (Å²) in [4.78, 5) is 20.3. The van der Waals surface area contributed by atoms with E-state index in [-0.39, 0.29) is 11.7 Å². The van der Waals surface area contributed by atoms with Crippen LogP contribution in [0.2, 0.25) is 0 Å². The lowest BCUT2D eigenvalue weighted by molar-refractivity contribution is -0.129. The average molecular weight is 475 g/mol. The van der Waals surface area contributed by atoms with Crippen molar-refractivity contribution in [1.82, 2.24) is 9.88 Å². The number of carbonyl (C=O) groups is 1. The van der Waals surface area contributed by atoms with Gasteiger partial charge in [0.15, 0.2) is 0 Å². The van der Waals surface area contributed by atoms with Crippen molar-refractivity contribution in [1.29, 1.82) is 0 Å². The van der Waals surface area contributed by atoms with E-state index in [1.54, 1.807) is 19.2 Å². The Balaban J connectivity index is 1.29. The molecule has 5 rings (SSSR count). The third-order valence-electron chi connectivity index (χ3n) is 6.95. The average Bonchev–Trinajstić information content (AvgIpc) is 3.65. The van der Waals surface area contributed by atoms with Crippen LogP contribution in [0.3, 0.4) is 0 Å². The summed E-state index contributed by atoms with van der Waals surface area (Å²) in [6, 6.07) is 17.1. The third-order valence-corrected chi connectivity index (χ3v) is 6.95. The first-order valence-electron chi connectivity index (χ1n) is 12.1. The molecule has 1 aliphatic carbocycles. The third kappa shape index (κ3) is 4.93. The van der Waals surface area contributed by atoms with Crippen LogP contribution in [0.25, 0.3) is 0 Å². The number of nitrogens with two attached hydrogens (primary N) is 1. The molecule has 1 saturated heterocycles. The Morgan fingerprint density at radius 2 is 1.80 bits per heavy atom. The lowest BCUT2D eigenvalue weighted by atomic mass is 10.0. The molecule has 1 aromatic heterocycles. The predicted molar refractivity (Wildman–Crippen MR) is 137 cm³/mol. The highest BCUT2D eigenvalue weighted by Crippen LogP contribution is 2.49. The van der Waals surface area contributed by atoms with Gasteiger partial charge in [0.25, 0.3) is 0 Å². The van der Waals surface area contributed by atoms with Gasteiger partial charge in [-0.05, 0) is 43.2 Å². The monoisotopic (exact) mass is 474 g/mol. The SMILES string of the molecule is CC(=O)N1CCN(c2ccc(Nc3cc(NC4(c5ccccc5F)CC4)c(CN)cn3)cc2)CC1. The van der Waals surface area contributed by atoms with Crippen LogP contribution in [-0.4, -0.2) is 42.0 Å². The number of benzene rings is 2. The molecule has 2 aromatic carbocycles. The van der Waals surface area contributed by atoms with Crippen molar-refractivity contribution in [3.63, 3.8) is 0 Å². The number of nitrogens with one attached hydrogen (secondary N) is 2. The van der Waals surface area contributed by atoms with Gasteiger partial charge in [-0.25, -0.2) is 9.37 Å². The fraction of sp³-hybridized carbons (Fsp3) is 0.333. The minimum atomic E-state index is -0.401. The number of pyridine rings is 1. The Hall–Kier alpha value is -3.65. The van der Waals surface area contributed by atoms with Gasteiger partial charge in [0.2, 0.25) is 5.91 Å². The van der Waals surface area contributed by atoms with E-state index in [4.69, 9.17) is 5.73 Å². The molecule has 35 heavy (non-hydrogen) atoms. The number of anilines is 4. The van der Waals surface area contributed by atoms with Crippen LogP contribution in [0.15, 0.2) is 60.8 Å². The number of nitrogens with zero attached hydrogens (tertiary/aromatic N) is 3. The molecular weight excluding hydrogens is 443 g/mol. The zero-order valence-corrected chi connectivity index (χ0v) is 19.9. The van der Waals surface area contributed by atoms with Crippen molar-refractivity contribution >= 4 is 28.8 Å². The number of rotatable bonds is 7. The van der Waals surface area contributed by atoms with Crippen LogP contribution >= 0.6 is 0 Å². The van der Waals surface area contributed by atoms with Crippen molar-refractivity contribution in [3.8, 4) is 0 Å². The first-order valence-corrected chi connectivity index (χ1v) is 12.1. The zero-order valence-electron chi connectivity index (χ0n) is 19.9. The number of halogens is 1. The highest BCUT2D eigenvalue weighted by atomic mass is 19.1. The number of aromatic nitrogens is 1. The molecule has 1 aliphatic heterocycles. The van der Waals surface area contributed by atoms with Gasteiger partial charge in [-0.2, -0.15) is 0 Å². The summed E-state index contributed by atoms with van der Waals surface area (Å²) in [5, 5.41) is 6.93. The number of hydrogen-bond acceptors (Lipinski definition) is 6. The van der Waals surface area contributed by atoms with E-state index < -0.39 is 5.54 Å². The van der Waals surface area contributed by atoms with Gasteiger partial charge < -0.3 is 26.2 Å². The topological polar surface area (TPSA) is 86.5 Å². The summed E-state index contributed by atoms with van der Waals surface area (Å²) >= 11 is 0. The molecule has 0 spiro atoms. The Morgan fingerprint density at radius 1 is 1.09 bits per heavy atom. The maximum Gasteiger partial charge on any atom is 0.219 e. The Morgan fingerprint density at radius 3 is 2.43 bits per heavy atom. The van der Waals surface area contributed by atoms with E-state index in [1.165, 1.54) is 6.07 Å². The Kier molecular flexibility index (Phi) is 6.30. The van der Waals surface area contributed by atoms with Gasteiger partial charge >= 0.3 is 0 Å². The van der Waals surface area contributed by atoms with E-state index in [2.05, 4.69) is 32.7 Å². The van der Waals surface area contributed by atoms with Gasteiger partial charge in [0.05, 0.1) is 5.54 Å². The molecule has 2 aliphatic rings. The number of hydrogen-bond donors (Lipinski definition) is 3. The van der Waals surface area contributed by atoms with Gasteiger partial charge in [0.1, 0.15) is 11.6 Å². The largest absolute Gasteiger partial charge is 0.375 e. The molecule has 1 saturated carbocycles. The zero-order chi connectivity index (χ0) is 24.4. The minimum Gasteiger partial charge on any atom is -0.375 e. The van der Waals surface area contributed by atoms with Crippen molar-refractivity contribution < 1.29 is 9.18 Å².